The van der Waals surface area contributed by atoms with Crippen LogP contribution in [0.2, 0.25) is 0 Å². The highest BCUT2D eigenvalue weighted by atomic mass is 16.2. The van der Waals surface area contributed by atoms with E-state index in [0.717, 1.165) is 60.3 Å². The number of benzene rings is 7. The molecule has 0 bridgehead atoms. The summed E-state index contributed by atoms with van der Waals surface area (Å²) in [6, 6.07) is 25.8. The van der Waals surface area contributed by atoms with Gasteiger partial charge >= 0.3 is 0 Å². The Hall–Kier alpha value is -6.08. The molecule has 0 spiro atoms. The summed E-state index contributed by atoms with van der Waals surface area (Å²) in [4.78, 5) is 64.7. The molecule has 4 amide bonds. The molecule has 2 aliphatic rings. The van der Waals surface area contributed by atoms with Crippen LogP contribution in [0.1, 0.15) is 147 Å². The third-order valence-corrected chi connectivity index (χ3v) is 13.0. The van der Waals surface area contributed by atoms with E-state index in [2.05, 4.69) is 107 Å². The van der Waals surface area contributed by atoms with Crippen molar-refractivity contribution in [1.82, 2.24) is 0 Å². The maximum atomic E-state index is 15.1. The van der Waals surface area contributed by atoms with Crippen molar-refractivity contribution in [2.45, 2.75) is 105 Å². The summed E-state index contributed by atoms with van der Waals surface area (Å²) >= 11 is 0. The zero-order valence-corrected chi connectivity index (χ0v) is 38.0. The van der Waals surface area contributed by atoms with E-state index < -0.39 is 0 Å². The summed E-state index contributed by atoms with van der Waals surface area (Å²) in [7, 11) is 3.91. The van der Waals surface area contributed by atoms with Gasteiger partial charge in [0.25, 0.3) is 23.6 Å². The first-order valence-electron chi connectivity index (χ1n) is 21.3. The molecule has 7 heteroatoms. The van der Waals surface area contributed by atoms with Crippen LogP contribution < -0.4 is 14.7 Å². The van der Waals surface area contributed by atoms with Gasteiger partial charge in [0.05, 0.1) is 16.9 Å². The average Bonchev–Trinajstić information content (AvgIpc) is 3.16. The van der Waals surface area contributed by atoms with Crippen LogP contribution in [0.3, 0.4) is 0 Å². The number of hydrogen-bond acceptors (Lipinski definition) is 5. The molecular weight excluding hydrogens is 755 g/mol. The predicted molar refractivity (Wildman–Crippen MR) is 252 cm³/mol. The maximum absolute atomic E-state index is 15.1. The Morgan fingerprint density at radius 1 is 0.377 bits per heavy atom. The lowest BCUT2D eigenvalue weighted by atomic mass is 9.79. The van der Waals surface area contributed by atoms with Crippen molar-refractivity contribution in [2.24, 2.45) is 0 Å². The van der Waals surface area contributed by atoms with Crippen molar-refractivity contribution in [3.05, 3.63) is 123 Å². The van der Waals surface area contributed by atoms with Gasteiger partial charge in [0.2, 0.25) is 0 Å². The number of imide groups is 2. The maximum Gasteiger partial charge on any atom is 0.266 e. The largest absolute Gasteiger partial charge is 0.377 e. The smallest absolute Gasteiger partial charge is 0.266 e. The number of fused-ring (bicyclic) bond motifs is 2. The number of amides is 4. The van der Waals surface area contributed by atoms with Crippen molar-refractivity contribution in [1.29, 1.82) is 0 Å². The third kappa shape index (κ3) is 5.76. The quantitative estimate of drug-likeness (QED) is 0.101. The van der Waals surface area contributed by atoms with Crippen molar-refractivity contribution < 1.29 is 19.2 Å². The number of nitrogens with zero attached hydrogens (tertiary/aromatic N) is 3. The second-order valence-electron chi connectivity index (χ2n) is 21.6. The van der Waals surface area contributed by atoms with E-state index in [0.29, 0.717) is 44.4 Å². The summed E-state index contributed by atoms with van der Waals surface area (Å²) in [5.41, 5.74) is 6.66. The van der Waals surface area contributed by atoms with E-state index in [1.165, 1.54) is 9.80 Å². The minimum Gasteiger partial charge on any atom is -0.377 e. The lowest BCUT2D eigenvalue weighted by molar-refractivity contribution is 0.0877. The molecule has 0 atom stereocenters. The van der Waals surface area contributed by atoms with Gasteiger partial charge in [-0.05, 0) is 102 Å². The van der Waals surface area contributed by atoms with E-state index >= 15 is 4.79 Å². The molecule has 7 nitrogen and oxygen atoms in total. The molecule has 0 radical (unpaired) electrons. The SMILES string of the molecule is CN(C)c1cc2c3c(ccc4c5ccc6c7c(ccc(c1c34)c75)C(=O)N(c1cc(C(C)(C)C)ccc1C(C)(C)C)C6=O)C(=O)N(c1cc(C(C)(C)C)ccc1C(C)(C)C)C2=O. The molecule has 310 valence electrons. The van der Waals surface area contributed by atoms with Gasteiger partial charge in [-0.2, -0.15) is 0 Å². The molecule has 0 saturated carbocycles. The van der Waals surface area contributed by atoms with Crippen LogP contribution in [0.4, 0.5) is 17.1 Å². The molecule has 61 heavy (non-hydrogen) atoms. The fraction of sp³-hybridized carbons (Fsp3) is 0.333. The number of rotatable bonds is 3. The number of anilines is 3. The van der Waals surface area contributed by atoms with Crippen LogP contribution in [0, 0.1) is 0 Å². The Labute approximate surface area is 358 Å². The second kappa shape index (κ2) is 12.7. The molecule has 2 heterocycles. The van der Waals surface area contributed by atoms with Crippen molar-refractivity contribution in [3.63, 3.8) is 0 Å². The highest BCUT2D eigenvalue weighted by Crippen LogP contribution is 2.51. The van der Waals surface area contributed by atoms with Crippen molar-refractivity contribution >= 4 is 83.8 Å². The molecule has 0 aromatic heterocycles. The van der Waals surface area contributed by atoms with Crippen LogP contribution in [0.25, 0.3) is 43.1 Å². The second-order valence-corrected chi connectivity index (χ2v) is 21.6. The van der Waals surface area contributed by atoms with Crippen LogP contribution in [0.5, 0.6) is 0 Å². The lowest BCUT2D eigenvalue weighted by Gasteiger charge is -2.35. The molecule has 7 aromatic carbocycles. The highest BCUT2D eigenvalue weighted by Gasteiger charge is 2.41. The Morgan fingerprint density at radius 3 is 1.15 bits per heavy atom. The minimum atomic E-state index is -0.363. The van der Waals surface area contributed by atoms with Gasteiger partial charge < -0.3 is 4.90 Å². The summed E-state index contributed by atoms with van der Waals surface area (Å²) in [6.07, 6.45) is 0. The van der Waals surface area contributed by atoms with Gasteiger partial charge in [0.15, 0.2) is 0 Å². The van der Waals surface area contributed by atoms with Gasteiger partial charge in [-0.15, -0.1) is 0 Å². The zero-order chi connectivity index (χ0) is 44.2. The Balaban J connectivity index is 1.31. The van der Waals surface area contributed by atoms with E-state index in [9.17, 15) is 14.4 Å². The molecule has 9 rings (SSSR count). The molecule has 0 saturated heterocycles. The molecule has 0 N–H and O–H groups in total. The zero-order valence-electron chi connectivity index (χ0n) is 38.0. The van der Waals surface area contributed by atoms with Gasteiger partial charge in [-0.1, -0.05) is 126 Å². The monoisotopic (exact) mass is 809 g/mol. The van der Waals surface area contributed by atoms with Crippen LogP contribution in [-0.2, 0) is 21.7 Å². The molecule has 0 fully saturated rings. The molecule has 0 aliphatic carbocycles. The fourth-order valence-electron chi connectivity index (χ4n) is 9.77. The standard InChI is InChI=1S/C54H55N3O4/c1-51(2,3)28-15-23-37(53(7,8)9)39(25-28)56-47(58)33-20-17-30-31-18-21-35-44-36(27-41(55(13)14)45(46(31)44)32-19-22-34(48(56)59)43(33)42(30)32)50(61)57(49(35)60)40-26-29(52(4,5)6)16-24-38(40)54(10,11)12/h15-27H,1-14H3. The van der Waals surface area contributed by atoms with E-state index in [1.807, 2.05) is 73.6 Å². The first-order chi connectivity index (χ1) is 28.3. The molecular formula is C54H55N3O4. The fourth-order valence-corrected chi connectivity index (χ4v) is 9.77. The van der Waals surface area contributed by atoms with Gasteiger partial charge in [-0.3, -0.25) is 19.2 Å². The van der Waals surface area contributed by atoms with Crippen LogP contribution in [-0.4, -0.2) is 37.7 Å². The lowest BCUT2D eigenvalue weighted by Crippen LogP contribution is -2.42. The van der Waals surface area contributed by atoms with Gasteiger partial charge in [0, 0.05) is 58.0 Å². The predicted octanol–water partition coefficient (Wildman–Crippen LogP) is 12.6. The first-order valence-corrected chi connectivity index (χ1v) is 21.3. The van der Waals surface area contributed by atoms with Crippen LogP contribution >= 0.6 is 0 Å². The normalized spacial score (nSPS) is 15.1. The molecule has 0 unspecified atom stereocenters. The van der Waals surface area contributed by atoms with Gasteiger partial charge in [-0.25, -0.2) is 9.80 Å². The average molecular weight is 810 g/mol. The summed E-state index contributed by atoms with van der Waals surface area (Å²) in [5.74, 6) is -1.44. The van der Waals surface area contributed by atoms with Crippen molar-refractivity contribution in [2.75, 3.05) is 28.8 Å². The summed E-state index contributed by atoms with van der Waals surface area (Å²) in [5, 5.41) is 6.31. The van der Waals surface area contributed by atoms with E-state index in [1.54, 1.807) is 0 Å². The third-order valence-electron chi connectivity index (χ3n) is 13.0. The Morgan fingerprint density at radius 2 is 0.754 bits per heavy atom. The molecule has 2 aliphatic heterocycles. The van der Waals surface area contributed by atoms with Gasteiger partial charge in [0.1, 0.15) is 0 Å². The first kappa shape index (κ1) is 40.3. The highest BCUT2D eigenvalue weighted by molar-refractivity contribution is 6.46. The Kier molecular flexibility index (Phi) is 8.42. The number of hydrogen-bond donors (Lipinski definition) is 0. The molecule has 7 aromatic rings. The number of carbonyl (C=O) groups excluding carboxylic acids is 4. The Bertz CT molecular complexity index is 3100. The minimum absolute atomic E-state index is 0.204. The van der Waals surface area contributed by atoms with E-state index in [-0.39, 0.29) is 45.3 Å². The van der Waals surface area contributed by atoms with Crippen molar-refractivity contribution in [3.8, 4) is 0 Å². The summed E-state index contributed by atoms with van der Waals surface area (Å²) < 4.78 is 0. The number of carbonyl (C=O) groups is 4. The van der Waals surface area contributed by atoms with Crippen LogP contribution in [0.15, 0.2) is 78.9 Å². The summed E-state index contributed by atoms with van der Waals surface area (Å²) in [6.45, 7) is 25.4. The topological polar surface area (TPSA) is 78.0 Å². The van der Waals surface area contributed by atoms with E-state index in [4.69, 9.17) is 0 Å².